The third-order valence-electron chi connectivity index (χ3n) is 3.32. The first kappa shape index (κ1) is 17.1. The first-order chi connectivity index (χ1) is 11.1. The number of carbonyl (C=O) groups excluding carboxylic acids is 2. The van der Waals surface area contributed by atoms with Crippen LogP contribution in [0, 0.1) is 11.3 Å². The number of hydrogen-bond acceptors (Lipinski definition) is 6. The van der Waals surface area contributed by atoms with Crippen LogP contribution in [-0.2, 0) is 4.79 Å². The van der Waals surface area contributed by atoms with Crippen molar-refractivity contribution in [2.24, 2.45) is 0 Å². The minimum atomic E-state index is -0.353. The fraction of sp³-hybridized carbons (Fsp3) is 0.312. The fourth-order valence-electron chi connectivity index (χ4n) is 2.16. The van der Waals surface area contributed by atoms with Crippen molar-refractivity contribution in [1.82, 2.24) is 10.6 Å². The van der Waals surface area contributed by atoms with Crippen LogP contribution in [0.5, 0.6) is 0 Å². The van der Waals surface area contributed by atoms with Gasteiger partial charge in [-0.15, -0.1) is 0 Å². The van der Waals surface area contributed by atoms with Gasteiger partial charge in [0, 0.05) is 25.3 Å². The van der Waals surface area contributed by atoms with Gasteiger partial charge in [0.05, 0.1) is 17.4 Å². The second-order valence-electron chi connectivity index (χ2n) is 4.94. The lowest BCUT2D eigenvalue weighted by molar-refractivity contribution is -0.115. The zero-order chi connectivity index (χ0) is 16.7. The molecule has 6 nitrogen and oxygen atoms in total. The number of benzene rings is 1. The van der Waals surface area contributed by atoms with E-state index >= 15 is 0 Å². The highest BCUT2D eigenvalue weighted by atomic mass is 32.2. The average Bonchev–Trinajstić information content (AvgIpc) is 2.86. The average molecular weight is 330 g/mol. The number of rotatable bonds is 7. The van der Waals surface area contributed by atoms with E-state index in [4.69, 9.17) is 5.26 Å². The topological polar surface area (TPSA) is 85.2 Å². The van der Waals surface area contributed by atoms with Crippen molar-refractivity contribution >= 4 is 34.7 Å². The minimum Gasteiger partial charge on any atom is -0.369 e. The Hall–Kier alpha value is -2.30. The Morgan fingerprint density at radius 2 is 2.04 bits per heavy atom. The molecule has 1 aromatic rings. The highest BCUT2D eigenvalue weighted by Crippen LogP contribution is 2.26. The maximum atomic E-state index is 11.5. The molecular weight excluding hydrogens is 312 g/mol. The first-order valence-electron chi connectivity index (χ1n) is 7.25. The summed E-state index contributed by atoms with van der Waals surface area (Å²) in [4.78, 5) is 25.2. The zero-order valence-corrected chi connectivity index (χ0v) is 13.7. The van der Waals surface area contributed by atoms with E-state index in [9.17, 15) is 9.59 Å². The van der Waals surface area contributed by atoms with Gasteiger partial charge in [0.2, 0.25) is 0 Å². The molecule has 120 valence electrons. The number of hydrogen-bond donors (Lipinski definition) is 2. The summed E-state index contributed by atoms with van der Waals surface area (Å²) in [5, 5.41) is 13.8. The van der Waals surface area contributed by atoms with Gasteiger partial charge in [0.15, 0.2) is 0 Å². The highest BCUT2D eigenvalue weighted by molar-refractivity contribution is 8.18. The Morgan fingerprint density at radius 3 is 2.61 bits per heavy atom. The molecule has 0 radical (unpaired) electrons. The molecule has 1 saturated heterocycles. The van der Waals surface area contributed by atoms with Gasteiger partial charge >= 0.3 is 0 Å². The Bertz CT molecular complexity index is 649. The third kappa shape index (κ3) is 4.84. The third-order valence-corrected chi connectivity index (χ3v) is 4.13. The van der Waals surface area contributed by atoms with Crippen molar-refractivity contribution in [2.75, 3.05) is 31.6 Å². The molecule has 0 spiro atoms. The predicted octanol–water partition coefficient (Wildman–Crippen LogP) is 1.95. The normalized spacial score (nSPS) is 15.6. The molecule has 2 N–H and O–H groups in total. The molecule has 1 fully saturated rings. The van der Waals surface area contributed by atoms with Crippen LogP contribution in [-0.4, -0.2) is 37.8 Å². The van der Waals surface area contributed by atoms with E-state index in [-0.39, 0.29) is 11.1 Å². The van der Waals surface area contributed by atoms with E-state index in [0.29, 0.717) is 17.9 Å². The summed E-state index contributed by atoms with van der Waals surface area (Å²) in [6.07, 6.45) is 2.16. The number of thioether (sulfide) groups is 1. The standard InChI is InChI=1S/C16H18N4O2S/c1-18-8-10-20(9-2-7-17)13-5-3-12(4-6-13)11-14-15(21)19-16(22)23-14/h3-6,11,18H,2,8-10H2,1H3,(H,19,21,22)/b14-11-. The van der Waals surface area contributed by atoms with Gasteiger partial charge < -0.3 is 10.2 Å². The molecule has 0 unspecified atom stereocenters. The molecule has 1 aliphatic rings. The van der Waals surface area contributed by atoms with Gasteiger partial charge in [0.25, 0.3) is 11.1 Å². The molecular formula is C16H18N4O2S. The van der Waals surface area contributed by atoms with E-state index in [1.807, 2.05) is 31.3 Å². The lowest BCUT2D eigenvalue weighted by atomic mass is 10.1. The van der Waals surface area contributed by atoms with Crippen LogP contribution >= 0.6 is 11.8 Å². The highest BCUT2D eigenvalue weighted by Gasteiger charge is 2.24. The monoisotopic (exact) mass is 330 g/mol. The number of nitriles is 1. The Morgan fingerprint density at radius 1 is 1.30 bits per heavy atom. The van der Waals surface area contributed by atoms with Crippen LogP contribution in [0.4, 0.5) is 10.5 Å². The fourth-order valence-corrected chi connectivity index (χ4v) is 2.84. The van der Waals surface area contributed by atoms with Gasteiger partial charge in [-0.3, -0.25) is 14.9 Å². The molecule has 23 heavy (non-hydrogen) atoms. The molecule has 2 amide bonds. The molecule has 0 aromatic heterocycles. The second-order valence-corrected chi connectivity index (χ2v) is 5.96. The summed E-state index contributed by atoms with van der Waals surface area (Å²) >= 11 is 0.908. The molecule has 1 heterocycles. The smallest absolute Gasteiger partial charge is 0.290 e. The number of carbonyl (C=O) groups is 2. The van der Waals surface area contributed by atoms with Crippen LogP contribution < -0.4 is 15.5 Å². The van der Waals surface area contributed by atoms with Gasteiger partial charge in [-0.05, 0) is 42.6 Å². The lowest BCUT2D eigenvalue weighted by Gasteiger charge is -2.23. The molecule has 0 bridgehead atoms. The van der Waals surface area contributed by atoms with Gasteiger partial charge in [-0.25, -0.2) is 0 Å². The Labute approximate surface area is 139 Å². The molecule has 1 aromatic carbocycles. The number of likely N-dealkylation sites (N-methyl/N-ethyl adjacent to an activating group) is 1. The SMILES string of the molecule is CNCCN(CCC#N)c1ccc(/C=C2\SC(=O)NC2=O)cc1. The number of nitrogens with zero attached hydrogens (tertiary/aromatic N) is 2. The molecule has 0 atom stereocenters. The van der Waals surface area contributed by atoms with Crippen molar-refractivity contribution in [3.8, 4) is 6.07 Å². The van der Waals surface area contributed by atoms with Crippen LogP contribution in [0.1, 0.15) is 12.0 Å². The lowest BCUT2D eigenvalue weighted by Crippen LogP contribution is -2.31. The summed E-state index contributed by atoms with van der Waals surface area (Å²) < 4.78 is 0. The maximum Gasteiger partial charge on any atom is 0.290 e. The van der Waals surface area contributed by atoms with Crippen molar-refractivity contribution in [2.45, 2.75) is 6.42 Å². The second kappa shape index (κ2) is 8.36. The number of anilines is 1. The van der Waals surface area contributed by atoms with Gasteiger partial charge in [-0.2, -0.15) is 5.26 Å². The van der Waals surface area contributed by atoms with E-state index in [1.54, 1.807) is 6.08 Å². The van der Waals surface area contributed by atoms with Crippen LogP contribution in [0.2, 0.25) is 0 Å². The van der Waals surface area contributed by atoms with Crippen molar-refractivity contribution in [3.63, 3.8) is 0 Å². The van der Waals surface area contributed by atoms with E-state index in [0.717, 1.165) is 36.1 Å². The van der Waals surface area contributed by atoms with Crippen LogP contribution in [0.25, 0.3) is 6.08 Å². The van der Waals surface area contributed by atoms with E-state index < -0.39 is 0 Å². The molecule has 1 aliphatic heterocycles. The van der Waals surface area contributed by atoms with Crippen molar-refractivity contribution in [3.05, 3.63) is 34.7 Å². The van der Waals surface area contributed by atoms with Gasteiger partial charge in [0.1, 0.15) is 0 Å². The molecule has 0 saturated carbocycles. The summed E-state index contributed by atoms with van der Waals surface area (Å²) in [5.41, 5.74) is 1.88. The largest absolute Gasteiger partial charge is 0.369 e. The minimum absolute atomic E-state index is 0.340. The van der Waals surface area contributed by atoms with E-state index in [2.05, 4.69) is 21.6 Å². The Kier molecular flexibility index (Phi) is 6.20. The predicted molar refractivity (Wildman–Crippen MR) is 91.9 cm³/mol. The van der Waals surface area contributed by atoms with Crippen LogP contribution in [0.3, 0.4) is 0 Å². The quantitative estimate of drug-likeness (QED) is 0.743. The Balaban J connectivity index is 2.10. The zero-order valence-electron chi connectivity index (χ0n) is 12.8. The summed E-state index contributed by atoms with van der Waals surface area (Å²) in [6.45, 7) is 2.31. The van der Waals surface area contributed by atoms with E-state index in [1.165, 1.54) is 0 Å². The maximum absolute atomic E-state index is 11.5. The van der Waals surface area contributed by atoms with Gasteiger partial charge in [-0.1, -0.05) is 12.1 Å². The number of imide groups is 1. The number of nitrogens with one attached hydrogen (secondary N) is 2. The molecule has 7 heteroatoms. The van der Waals surface area contributed by atoms with Crippen molar-refractivity contribution < 1.29 is 9.59 Å². The molecule has 2 rings (SSSR count). The van der Waals surface area contributed by atoms with Crippen LogP contribution in [0.15, 0.2) is 29.2 Å². The first-order valence-corrected chi connectivity index (χ1v) is 8.07. The number of amides is 2. The molecule has 0 aliphatic carbocycles. The summed E-state index contributed by atoms with van der Waals surface area (Å²) in [6, 6.07) is 9.88. The van der Waals surface area contributed by atoms with Crippen molar-refractivity contribution in [1.29, 1.82) is 5.26 Å². The summed E-state index contributed by atoms with van der Waals surface area (Å²) in [7, 11) is 1.89. The summed E-state index contributed by atoms with van der Waals surface area (Å²) in [5.74, 6) is -0.353.